The first-order chi connectivity index (χ1) is 12.0. The largest absolute Gasteiger partial charge is 0.322 e. The van der Waals surface area contributed by atoms with Crippen molar-refractivity contribution >= 4 is 11.6 Å². The Morgan fingerprint density at radius 1 is 1.16 bits per heavy atom. The van der Waals surface area contributed by atoms with Gasteiger partial charge in [-0.15, -0.1) is 0 Å². The Morgan fingerprint density at radius 2 is 1.92 bits per heavy atom. The van der Waals surface area contributed by atoms with Crippen LogP contribution in [0, 0.1) is 17.5 Å². The highest BCUT2D eigenvalue weighted by Gasteiger charge is 2.25. The molecule has 3 nitrogen and oxygen atoms in total. The number of hydrogen-bond acceptors (Lipinski definition) is 2. The van der Waals surface area contributed by atoms with Crippen LogP contribution in [0.15, 0.2) is 36.4 Å². The lowest BCUT2D eigenvalue weighted by Crippen LogP contribution is -2.35. The smallest absolute Gasteiger partial charge is 0.238 e. The monoisotopic (exact) mass is 348 g/mol. The zero-order chi connectivity index (χ0) is 18.0. The Hall–Kier alpha value is -2.34. The minimum absolute atomic E-state index is 0.0252. The summed E-state index contributed by atoms with van der Waals surface area (Å²) in [4.78, 5) is 14.1. The fourth-order valence-electron chi connectivity index (χ4n) is 3.34. The van der Waals surface area contributed by atoms with E-state index >= 15 is 0 Å². The lowest BCUT2D eigenvalue weighted by atomic mass is 9.87. The van der Waals surface area contributed by atoms with E-state index in [0.29, 0.717) is 0 Å². The van der Waals surface area contributed by atoms with Crippen molar-refractivity contribution < 1.29 is 18.0 Å². The molecule has 132 valence electrons. The van der Waals surface area contributed by atoms with E-state index in [1.807, 2.05) is 24.1 Å². The number of hydrogen-bond donors (Lipinski definition) is 1. The van der Waals surface area contributed by atoms with Crippen molar-refractivity contribution in [2.24, 2.45) is 0 Å². The van der Waals surface area contributed by atoms with Crippen LogP contribution in [0.3, 0.4) is 0 Å². The zero-order valence-corrected chi connectivity index (χ0v) is 13.9. The second-order valence-electron chi connectivity index (χ2n) is 6.29. The minimum Gasteiger partial charge on any atom is -0.322 e. The van der Waals surface area contributed by atoms with Crippen molar-refractivity contribution in [2.75, 3.05) is 18.9 Å². The molecule has 1 atom stereocenters. The summed E-state index contributed by atoms with van der Waals surface area (Å²) in [5.41, 5.74) is 2.11. The van der Waals surface area contributed by atoms with Gasteiger partial charge in [0.1, 0.15) is 0 Å². The molecule has 0 aromatic heterocycles. The lowest BCUT2D eigenvalue weighted by molar-refractivity contribution is -0.117. The lowest BCUT2D eigenvalue weighted by Gasteiger charge is -2.32. The van der Waals surface area contributed by atoms with E-state index in [0.717, 1.165) is 31.4 Å². The normalized spacial score (nSPS) is 16.6. The van der Waals surface area contributed by atoms with Gasteiger partial charge in [0.25, 0.3) is 0 Å². The summed E-state index contributed by atoms with van der Waals surface area (Å²) in [5, 5.41) is 2.31. The predicted octanol–water partition coefficient (Wildman–Crippen LogP) is 4.05. The molecule has 0 aliphatic heterocycles. The van der Waals surface area contributed by atoms with Crippen LogP contribution >= 0.6 is 0 Å². The molecule has 0 unspecified atom stereocenters. The number of fused-ring (bicyclic) bond motifs is 1. The van der Waals surface area contributed by atoms with Crippen LogP contribution in [0.5, 0.6) is 0 Å². The number of anilines is 1. The molecule has 0 heterocycles. The maximum atomic E-state index is 13.7. The number of likely N-dealkylation sites (N-methyl/N-ethyl adjacent to an activating group) is 1. The molecule has 0 saturated carbocycles. The Bertz CT molecular complexity index is 794. The topological polar surface area (TPSA) is 32.3 Å². The highest BCUT2D eigenvalue weighted by atomic mass is 19.2. The van der Waals surface area contributed by atoms with Gasteiger partial charge in [0.05, 0.1) is 12.2 Å². The van der Waals surface area contributed by atoms with E-state index in [1.165, 1.54) is 11.1 Å². The number of aryl methyl sites for hydroxylation is 1. The fraction of sp³-hybridized carbons (Fsp3) is 0.316. The molecule has 1 aliphatic rings. The summed E-state index contributed by atoms with van der Waals surface area (Å²) < 4.78 is 39.9. The third-order valence-corrected chi connectivity index (χ3v) is 4.57. The van der Waals surface area contributed by atoms with Crippen molar-refractivity contribution in [1.82, 2.24) is 4.90 Å². The summed E-state index contributed by atoms with van der Waals surface area (Å²) >= 11 is 0. The van der Waals surface area contributed by atoms with Crippen LogP contribution in [-0.4, -0.2) is 24.4 Å². The molecule has 0 bridgehead atoms. The maximum Gasteiger partial charge on any atom is 0.238 e. The molecule has 1 aliphatic carbocycles. The molecule has 25 heavy (non-hydrogen) atoms. The van der Waals surface area contributed by atoms with Crippen molar-refractivity contribution in [1.29, 1.82) is 0 Å². The van der Waals surface area contributed by atoms with Crippen LogP contribution in [-0.2, 0) is 11.2 Å². The van der Waals surface area contributed by atoms with Gasteiger partial charge in [0, 0.05) is 6.04 Å². The van der Waals surface area contributed by atoms with Crippen LogP contribution < -0.4 is 5.32 Å². The van der Waals surface area contributed by atoms with E-state index in [4.69, 9.17) is 0 Å². The number of nitrogens with zero attached hydrogens (tertiary/aromatic N) is 1. The van der Waals surface area contributed by atoms with Crippen LogP contribution in [0.4, 0.5) is 18.9 Å². The van der Waals surface area contributed by atoms with Gasteiger partial charge in [-0.05, 0) is 49.6 Å². The van der Waals surface area contributed by atoms with Gasteiger partial charge >= 0.3 is 0 Å². The maximum absolute atomic E-state index is 13.7. The zero-order valence-electron chi connectivity index (χ0n) is 13.9. The highest BCUT2D eigenvalue weighted by molar-refractivity contribution is 5.92. The highest BCUT2D eigenvalue weighted by Crippen LogP contribution is 2.33. The molecule has 0 fully saturated rings. The quantitative estimate of drug-likeness (QED) is 0.846. The van der Waals surface area contributed by atoms with Gasteiger partial charge in [-0.1, -0.05) is 24.3 Å². The summed E-state index contributed by atoms with van der Waals surface area (Å²) in [7, 11) is 1.83. The van der Waals surface area contributed by atoms with Gasteiger partial charge in [-0.2, -0.15) is 0 Å². The fourth-order valence-corrected chi connectivity index (χ4v) is 3.34. The van der Waals surface area contributed by atoms with Gasteiger partial charge in [0.15, 0.2) is 17.5 Å². The standard InChI is InChI=1S/C19H19F3N2O/c1-24(16-8-4-6-12-5-2-3-7-13(12)16)11-17(25)23-15-10-9-14(20)18(21)19(15)22/h2-3,5,7,9-10,16H,4,6,8,11H2,1H3,(H,23,25)/t16-/m0/s1. The Balaban J connectivity index is 1.69. The third kappa shape index (κ3) is 3.69. The van der Waals surface area contributed by atoms with Gasteiger partial charge in [-0.3, -0.25) is 9.69 Å². The average Bonchev–Trinajstić information content (AvgIpc) is 2.61. The molecule has 3 rings (SSSR count). The molecule has 1 N–H and O–H groups in total. The number of rotatable bonds is 4. The average molecular weight is 348 g/mol. The summed E-state index contributed by atoms with van der Waals surface area (Å²) in [6.45, 7) is 0.0252. The molecule has 6 heteroatoms. The Kier molecular flexibility index (Phi) is 5.08. The summed E-state index contributed by atoms with van der Waals surface area (Å²) in [6, 6.07) is 10.0. The van der Waals surface area contributed by atoms with Crippen molar-refractivity contribution in [3.63, 3.8) is 0 Å². The predicted molar refractivity (Wildman–Crippen MR) is 89.7 cm³/mol. The molecule has 0 radical (unpaired) electrons. The van der Waals surface area contributed by atoms with E-state index in [9.17, 15) is 18.0 Å². The second-order valence-corrected chi connectivity index (χ2v) is 6.29. The molecular weight excluding hydrogens is 329 g/mol. The summed E-state index contributed by atoms with van der Waals surface area (Å²) in [6.07, 6.45) is 2.98. The van der Waals surface area contributed by atoms with Crippen LogP contribution in [0.25, 0.3) is 0 Å². The van der Waals surface area contributed by atoms with Gasteiger partial charge in [-0.25, -0.2) is 13.2 Å². The molecule has 1 amide bonds. The van der Waals surface area contributed by atoms with Gasteiger partial charge < -0.3 is 5.32 Å². The van der Waals surface area contributed by atoms with E-state index in [-0.39, 0.29) is 18.3 Å². The molecular formula is C19H19F3N2O. The van der Waals surface area contributed by atoms with E-state index < -0.39 is 23.4 Å². The molecule has 0 spiro atoms. The van der Waals surface area contributed by atoms with E-state index in [2.05, 4.69) is 17.4 Å². The Morgan fingerprint density at radius 3 is 2.72 bits per heavy atom. The Labute approximate surface area is 144 Å². The van der Waals surface area contributed by atoms with Gasteiger partial charge in [0.2, 0.25) is 5.91 Å². The number of benzene rings is 2. The number of nitrogens with one attached hydrogen (secondary N) is 1. The first kappa shape index (κ1) is 17.5. The number of carbonyl (C=O) groups is 1. The minimum atomic E-state index is -1.59. The molecule has 2 aromatic rings. The third-order valence-electron chi connectivity index (χ3n) is 4.57. The summed E-state index contributed by atoms with van der Waals surface area (Å²) in [5.74, 6) is -4.74. The van der Waals surface area contributed by atoms with Crippen LogP contribution in [0.1, 0.15) is 30.0 Å². The molecule has 0 saturated heterocycles. The first-order valence-electron chi connectivity index (χ1n) is 8.18. The van der Waals surface area contributed by atoms with Crippen molar-refractivity contribution in [3.05, 3.63) is 65.0 Å². The van der Waals surface area contributed by atoms with Crippen molar-refractivity contribution in [3.8, 4) is 0 Å². The number of amides is 1. The van der Waals surface area contributed by atoms with Crippen molar-refractivity contribution in [2.45, 2.75) is 25.3 Å². The number of carbonyl (C=O) groups excluding carboxylic acids is 1. The molecule has 2 aromatic carbocycles. The van der Waals surface area contributed by atoms with E-state index in [1.54, 1.807) is 0 Å². The first-order valence-corrected chi connectivity index (χ1v) is 8.18. The van der Waals surface area contributed by atoms with Crippen LogP contribution in [0.2, 0.25) is 0 Å². The second kappa shape index (κ2) is 7.27. The SMILES string of the molecule is CN(CC(=O)Nc1ccc(F)c(F)c1F)[C@H]1CCCc2ccccc21. The number of halogens is 3.